The predicted octanol–water partition coefficient (Wildman–Crippen LogP) is 4.00. The third-order valence-corrected chi connectivity index (χ3v) is 4.60. The van der Waals surface area contributed by atoms with Gasteiger partial charge in [0.15, 0.2) is 5.82 Å². The first-order chi connectivity index (χ1) is 12.2. The highest BCUT2D eigenvalue weighted by atomic mass is 16.2. The number of benzene rings is 1. The zero-order valence-corrected chi connectivity index (χ0v) is 14.8. The summed E-state index contributed by atoms with van der Waals surface area (Å²) in [5, 5.41) is 10.5. The molecule has 5 heteroatoms. The normalized spacial score (nSPS) is 19.0. The molecule has 0 radical (unpaired) electrons. The van der Waals surface area contributed by atoms with Crippen LogP contribution in [0.3, 0.4) is 0 Å². The first-order valence-electron chi connectivity index (χ1n) is 8.78. The van der Waals surface area contributed by atoms with E-state index in [1.807, 2.05) is 4.90 Å². The van der Waals surface area contributed by atoms with Gasteiger partial charge in [0.1, 0.15) is 0 Å². The van der Waals surface area contributed by atoms with E-state index in [9.17, 15) is 4.79 Å². The standard InChI is InChI=1S/C20H24N4O/c1-3-16-6-4-7-17(12-16)13-18-9-11-24(14-15(18)2)20(25)22-19-8-5-10-21-23-19/h4-8,10,12-13,15H,3,9,11,14H2,1-2H3,(H,22,23,25). The number of rotatable bonds is 3. The molecule has 130 valence electrons. The zero-order chi connectivity index (χ0) is 17.6. The highest BCUT2D eigenvalue weighted by Crippen LogP contribution is 2.25. The predicted molar refractivity (Wildman–Crippen MR) is 100 cm³/mol. The number of carbonyl (C=O) groups excluding carboxylic acids is 1. The number of urea groups is 1. The molecule has 1 atom stereocenters. The molecule has 1 unspecified atom stereocenters. The van der Waals surface area contributed by atoms with Crippen LogP contribution in [-0.4, -0.2) is 34.2 Å². The summed E-state index contributed by atoms with van der Waals surface area (Å²) in [6.07, 6.45) is 5.80. The van der Waals surface area contributed by atoms with E-state index in [-0.39, 0.29) is 6.03 Å². The Balaban J connectivity index is 1.63. The number of carbonyl (C=O) groups is 1. The average molecular weight is 336 g/mol. The monoisotopic (exact) mass is 336 g/mol. The number of likely N-dealkylation sites (tertiary alicyclic amines) is 1. The molecule has 1 aliphatic heterocycles. The van der Waals surface area contributed by atoms with E-state index in [1.54, 1.807) is 18.3 Å². The number of nitrogens with one attached hydrogen (secondary N) is 1. The van der Waals surface area contributed by atoms with Crippen LogP contribution in [0.25, 0.3) is 6.08 Å². The molecule has 1 N–H and O–H groups in total. The summed E-state index contributed by atoms with van der Waals surface area (Å²) in [5.41, 5.74) is 4.00. The molecule has 1 aromatic heterocycles. The fraction of sp³-hybridized carbons (Fsp3) is 0.350. The van der Waals surface area contributed by atoms with Crippen LogP contribution in [0.4, 0.5) is 10.6 Å². The van der Waals surface area contributed by atoms with E-state index in [4.69, 9.17) is 0 Å². The van der Waals surface area contributed by atoms with Crippen LogP contribution in [0.15, 0.2) is 48.2 Å². The van der Waals surface area contributed by atoms with Crippen molar-refractivity contribution in [1.82, 2.24) is 15.1 Å². The maximum absolute atomic E-state index is 12.4. The molecule has 2 aromatic rings. The summed E-state index contributed by atoms with van der Waals surface area (Å²) >= 11 is 0. The second-order valence-corrected chi connectivity index (χ2v) is 6.45. The second-order valence-electron chi connectivity index (χ2n) is 6.45. The van der Waals surface area contributed by atoms with Gasteiger partial charge in [-0.3, -0.25) is 5.32 Å². The first kappa shape index (κ1) is 17.1. The van der Waals surface area contributed by atoms with Gasteiger partial charge in [0.25, 0.3) is 0 Å². The molecule has 0 aliphatic carbocycles. The lowest BCUT2D eigenvalue weighted by atomic mass is 9.91. The molecule has 1 saturated heterocycles. The van der Waals surface area contributed by atoms with Crippen LogP contribution < -0.4 is 5.32 Å². The Morgan fingerprint density at radius 2 is 2.24 bits per heavy atom. The van der Waals surface area contributed by atoms with Gasteiger partial charge in [-0.15, -0.1) is 5.10 Å². The summed E-state index contributed by atoms with van der Waals surface area (Å²) < 4.78 is 0. The molecule has 2 amide bonds. The summed E-state index contributed by atoms with van der Waals surface area (Å²) in [6.45, 7) is 5.78. The SMILES string of the molecule is CCc1cccc(C=C2CCN(C(=O)Nc3cccnn3)CC2C)c1. The van der Waals surface area contributed by atoms with E-state index in [1.165, 1.54) is 16.7 Å². The minimum atomic E-state index is -0.112. The van der Waals surface area contributed by atoms with Gasteiger partial charge >= 0.3 is 6.03 Å². The van der Waals surface area contributed by atoms with Crippen molar-refractivity contribution < 1.29 is 4.79 Å². The Kier molecular flexibility index (Phi) is 5.43. The zero-order valence-electron chi connectivity index (χ0n) is 14.8. The van der Waals surface area contributed by atoms with E-state index >= 15 is 0 Å². The summed E-state index contributed by atoms with van der Waals surface area (Å²) in [7, 11) is 0. The molecular weight excluding hydrogens is 312 g/mol. The lowest BCUT2D eigenvalue weighted by Gasteiger charge is -2.33. The Morgan fingerprint density at radius 3 is 2.96 bits per heavy atom. The highest BCUT2D eigenvalue weighted by molar-refractivity contribution is 5.88. The molecule has 3 rings (SSSR count). The minimum Gasteiger partial charge on any atom is -0.324 e. The van der Waals surface area contributed by atoms with Crippen molar-refractivity contribution in [2.75, 3.05) is 18.4 Å². The van der Waals surface area contributed by atoms with Gasteiger partial charge < -0.3 is 4.90 Å². The Labute approximate surface area is 148 Å². The van der Waals surface area contributed by atoms with Crippen molar-refractivity contribution in [1.29, 1.82) is 0 Å². The van der Waals surface area contributed by atoms with Gasteiger partial charge in [0, 0.05) is 19.3 Å². The van der Waals surface area contributed by atoms with Crippen LogP contribution >= 0.6 is 0 Å². The Hall–Kier alpha value is -2.69. The fourth-order valence-corrected chi connectivity index (χ4v) is 3.12. The maximum Gasteiger partial charge on any atom is 0.323 e. The van der Waals surface area contributed by atoms with Crippen LogP contribution in [0.1, 0.15) is 31.4 Å². The maximum atomic E-state index is 12.4. The number of nitrogens with zero attached hydrogens (tertiary/aromatic N) is 3. The van der Waals surface area contributed by atoms with Gasteiger partial charge in [-0.2, -0.15) is 5.10 Å². The van der Waals surface area contributed by atoms with Crippen molar-refractivity contribution in [3.8, 4) is 0 Å². The molecule has 2 heterocycles. The Morgan fingerprint density at radius 1 is 1.36 bits per heavy atom. The van der Waals surface area contributed by atoms with E-state index in [2.05, 4.69) is 59.7 Å². The number of amides is 2. The number of hydrogen-bond acceptors (Lipinski definition) is 3. The van der Waals surface area contributed by atoms with Crippen molar-refractivity contribution in [2.24, 2.45) is 5.92 Å². The minimum absolute atomic E-state index is 0.112. The van der Waals surface area contributed by atoms with Crippen molar-refractivity contribution in [2.45, 2.75) is 26.7 Å². The number of piperidine rings is 1. The molecule has 1 fully saturated rings. The number of aryl methyl sites for hydroxylation is 1. The third-order valence-electron chi connectivity index (χ3n) is 4.60. The molecule has 25 heavy (non-hydrogen) atoms. The average Bonchev–Trinajstić information content (AvgIpc) is 2.64. The molecule has 5 nitrogen and oxygen atoms in total. The smallest absolute Gasteiger partial charge is 0.323 e. The van der Waals surface area contributed by atoms with Crippen LogP contribution in [0.2, 0.25) is 0 Å². The number of aromatic nitrogens is 2. The quantitative estimate of drug-likeness (QED) is 0.922. The molecule has 1 aromatic carbocycles. The van der Waals surface area contributed by atoms with Crippen LogP contribution in [0, 0.1) is 5.92 Å². The van der Waals surface area contributed by atoms with Crippen molar-refractivity contribution in [3.63, 3.8) is 0 Å². The molecule has 0 bridgehead atoms. The Bertz CT molecular complexity index is 757. The number of hydrogen-bond donors (Lipinski definition) is 1. The second kappa shape index (κ2) is 7.92. The van der Waals surface area contributed by atoms with Gasteiger partial charge in [0.05, 0.1) is 0 Å². The first-order valence-corrected chi connectivity index (χ1v) is 8.78. The summed E-state index contributed by atoms with van der Waals surface area (Å²) in [4.78, 5) is 14.2. The summed E-state index contributed by atoms with van der Waals surface area (Å²) in [5.74, 6) is 0.824. The fourth-order valence-electron chi connectivity index (χ4n) is 3.12. The van der Waals surface area contributed by atoms with Gasteiger partial charge in [-0.25, -0.2) is 4.79 Å². The van der Waals surface area contributed by atoms with Crippen LogP contribution in [0.5, 0.6) is 0 Å². The highest BCUT2D eigenvalue weighted by Gasteiger charge is 2.24. The van der Waals surface area contributed by atoms with Gasteiger partial charge in [-0.05, 0) is 42.0 Å². The van der Waals surface area contributed by atoms with Crippen molar-refractivity contribution >= 4 is 17.9 Å². The van der Waals surface area contributed by atoms with Crippen LogP contribution in [-0.2, 0) is 6.42 Å². The van der Waals surface area contributed by atoms with E-state index in [0.29, 0.717) is 18.3 Å². The third kappa shape index (κ3) is 4.44. The largest absolute Gasteiger partial charge is 0.324 e. The molecular formula is C20H24N4O. The van der Waals surface area contributed by atoms with Gasteiger partial charge in [-0.1, -0.05) is 49.8 Å². The lowest BCUT2D eigenvalue weighted by Crippen LogP contribution is -2.42. The molecule has 1 aliphatic rings. The lowest BCUT2D eigenvalue weighted by molar-refractivity contribution is 0.197. The van der Waals surface area contributed by atoms with E-state index < -0.39 is 0 Å². The summed E-state index contributed by atoms with van der Waals surface area (Å²) in [6, 6.07) is 12.0. The van der Waals surface area contributed by atoms with Gasteiger partial charge in [0.2, 0.25) is 0 Å². The number of anilines is 1. The van der Waals surface area contributed by atoms with E-state index in [0.717, 1.165) is 19.4 Å². The molecule has 0 spiro atoms. The topological polar surface area (TPSA) is 58.1 Å². The molecule has 0 saturated carbocycles. The van der Waals surface area contributed by atoms with Crippen molar-refractivity contribution in [3.05, 3.63) is 59.3 Å².